The van der Waals surface area contributed by atoms with Crippen LogP contribution in [0.3, 0.4) is 0 Å². The normalized spacial score (nSPS) is 12.8. The van der Waals surface area contributed by atoms with Gasteiger partial charge in [0.25, 0.3) is 0 Å². The third-order valence-electron chi connectivity index (χ3n) is 5.10. The van der Waals surface area contributed by atoms with Crippen LogP contribution in [0.4, 0.5) is 5.69 Å². The Morgan fingerprint density at radius 2 is 1.70 bits per heavy atom. The highest BCUT2D eigenvalue weighted by Crippen LogP contribution is 2.23. The molecule has 0 aliphatic carbocycles. The summed E-state index contributed by atoms with van der Waals surface area (Å²) in [5.74, 6) is -0.232. The monoisotopic (exact) mass is 444 g/mol. The van der Waals surface area contributed by atoms with E-state index in [9.17, 15) is 13.2 Å². The lowest BCUT2D eigenvalue weighted by molar-refractivity contribution is -0.116. The maximum Gasteiger partial charge on any atom is 0.243 e. The number of halogens is 1. The van der Waals surface area contributed by atoms with Crippen LogP contribution in [-0.2, 0) is 14.8 Å². The summed E-state index contributed by atoms with van der Waals surface area (Å²) in [5, 5.41) is 5.46. The van der Waals surface area contributed by atoms with E-state index in [2.05, 4.69) is 5.32 Å². The summed E-state index contributed by atoms with van der Waals surface area (Å²) in [7, 11) is -3.73. The van der Waals surface area contributed by atoms with Gasteiger partial charge in [-0.2, -0.15) is 4.31 Å². The molecule has 30 heavy (non-hydrogen) atoms. The average Bonchev–Trinajstić information content (AvgIpc) is 2.73. The number of amides is 1. The number of nitrogens with one attached hydrogen (secondary N) is 1. The number of carbonyl (C=O) groups excluding carboxylic acids is 1. The molecule has 158 valence electrons. The highest BCUT2D eigenvalue weighted by molar-refractivity contribution is 7.89. The standard InChI is InChI=1S/C23H25ClN2O3S/c1-3-17(2)26(30(28,29)22-12-9-20(24)10-13-22)15-14-23(27)25-21-11-8-18-6-4-5-7-19(18)16-21/h4-13,16-17H,3,14-15H2,1-2H3,(H,25,27). The summed E-state index contributed by atoms with van der Waals surface area (Å²) >= 11 is 5.89. The molecule has 0 saturated carbocycles. The predicted molar refractivity (Wildman–Crippen MR) is 122 cm³/mol. The molecule has 1 amide bonds. The minimum atomic E-state index is -3.73. The topological polar surface area (TPSA) is 66.5 Å². The molecule has 1 unspecified atom stereocenters. The van der Waals surface area contributed by atoms with Crippen molar-refractivity contribution in [3.8, 4) is 0 Å². The molecule has 3 aromatic carbocycles. The summed E-state index contributed by atoms with van der Waals surface area (Å²) in [6.07, 6.45) is 0.698. The van der Waals surface area contributed by atoms with Crippen molar-refractivity contribution in [1.82, 2.24) is 4.31 Å². The molecule has 1 atom stereocenters. The van der Waals surface area contributed by atoms with Crippen molar-refractivity contribution in [2.24, 2.45) is 0 Å². The molecular formula is C23H25ClN2O3S. The van der Waals surface area contributed by atoms with Crippen molar-refractivity contribution >= 4 is 44.0 Å². The second-order valence-electron chi connectivity index (χ2n) is 7.19. The summed E-state index contributed by atoms with van der Waals surface area (Å²) in [4.78, 5) is 12.7. The smallest absolute Gasteiger partial charge is 0.243 e. The van der Waals surface area contributed by atoms with Crippen LogP contribution in [0.15, 0.2) is 71.6 Å². The molecule has 0 heterocycles. The maximum absolute atomic E-state index is 13.1. The first-order valence-corrected chi connectivity index (χ1v) is 11.7. The van der Waals surface area contributed by atoms with E-state index in [-0.39, 0.29) is 29.8 Å². The fourth-order valence-electron chi connectivity index (χ4n) is 3.23. The van der Waals surface area contributed by atoms with Gasteiger partial charge >= 0.3 is 0 Å². The number of sulfonamides is 1. The van der Waals surface area contributed by atoms with Gasteiger partial charge in [0, 0.05) is 29.7 Å². The zero-order chi connectivity index (χ0) is 21.7. The highest BCUT2D eigenvalue weighted by atomic mass is 35.5. The number of carbonyl (C=O) groups is 1. The highest BCUT2D eigenvalue weighted by Gasteiger charge is 2.28. The zero-order valence-corrected chi connectivity index (χ0v) is 18.6. The van der Waals surface area contributed by atoms with E-state index in [4.69, 9.17) is 11.6 Å². The Balaban J connectivity index is 1.72. The molecule has 0 fully saturated rings. The Morgan fingerprint density at radius 1 is 1.03 bits per heavy atom. The molecule has 0 radical (unpaired) electrons. The molecule has 0 spiro atoms. The number of fused-ring (bicyclic) bond motifs is 1. The summed E-state index contributed by atoms with van der Waals surface area (Å²) in [6.45, 7) is 3.86. The predicted octanol–water partition coefficient (Wildman–Crippen LogP) is 5.31. The van der Waals surface area contributed by atoms with Crippen molar-refractivity contribution in [2.45, 2.75) is 37.6 Å². The lowest BCUT2D eigenvalue weighted by atomic mass is 10.1. The Bertz CT molecular complexity index is 1130. The van der Waals surface area contributed by atoms with Crippen LogP contribution >= 0.6 is 11.6 Å². The van der Waals surface area contributed by atoms with Crippen LogP contribution in [0, 0.1) is 0 Å². The summed E-state index contributed by atoms with van der Waals surface area (Å²) in [6, 6.07) is 19.4. The van der Waals surface area contributed by atoms with Gasteiger partial charge in [-0.25, -0.2) is 8.42 Å². The van der Waals surface area contributed by atoms with Crippen LogP contribution < -0.4 is 5.32 Å². The fraction of sp³-hybridized carbons (Fsp3) is 0.261. The molecule has 5 nitrogen and oxygen atoms in total. The van der Waals surface area contributed by atoms with Crippen molar-refractivity contribution in [3.63, 3.8) is 0 Å². The number of hydrogen-bond acceptors (Lipinski definition) is 3. The van der Waals surface area contributed by atoms with E-state index >= 15 is 0 Å². The van der Waals surface area contributed by atoms with Gasteiger partial charge in [0.15, 0.2) is 0 Å². The lowest BCUT2D eigenvalue weighted by Gasteiger charge is -2.27. The van der Waals surface area contributed by atoms with Gasteiger partial charge in [-0.15, -0.1) is 0 Å². The van der Waals surface area contributed by atoms with Gasteiger partial charge < -0.3 is 5.32 Å². The second-order valence-corrected chi connectivity index (χ2v) is 9.51. The number of benzene rings is 3. The molecule has 0 bridgehead atoms. The zero-order valence-electron chi connectivity index (χ0n) is 17.0. The van der Waals surface area contributed by atoms with E-state index in [0.29, 0.717) is 17.1 Å². The first kappa shape index (κ1) is 22.3. The van der Waals surface area contributed by atoms with Crippen molar-refractivity contribution < 1.29 is 13.2 Å². The van der Waals surface area contributed by atoms with Gasteiger partial charge in [-0.1, -0.05) is 48.9 Å². The Labute approximate surface area is 182 Å². The third kappa shape index (κ3) is 5.19. The van der Waals surface area contributed by atoms with E-state index in [1.54, 1.807) is 12.1 Å². The number of hydrogen-bond donors (Lipinski definition) is 1. The number of nitrogens with zero attached hydrogens (tertiary/aromatic N) is 1. The maximum atomic E-state index is 13.1. The molecule has 0 aliphatic rings. The first-order chi connectivity index (χ1) is 14.3. The Hall–Kier alpha value is -2.41. The quantitative estimate of drug-likeness (QED) is 0.511. The molecule has 0 aliphatic heterocycles. The Morgan fingerprint density at radius 3 is 2.37 bits per heavy atom. The summed E-state index contributed by atoms with van der Waals surface area (Å²) in [5.41, 5.74) is 0.689. The lowest BCUT2D eigenvalue weighted by Crippen LogP contribution is -2.40. The Kier molecular flexibility index (Phi) is 7.13. The van der Waals surface area contributed by atoms with E-state index in [1.165, 1.54) is 16.4 Å². The number of rotatable bonds is 8. The molecule has 0 aromatic heterocycles. The van der Waals surface area contributed by atoms with Crippen LogP contribution in [-0.4, -0.2) is 31.2 Å². The molecule has 1 N–H and O–H groups in total. The van der Waals surface area contributed by atoms with Crippen LogP contribution in [0.2, 0.25) is 5.02 Å². The molecule has 3 aromatic rings. The van der Waals surface area contributed by atoms with Crippen LogP contribution in [0.1, 0.15) is 26.7 Å². The summed E-state index contributed by atoms with van der Waals surface area (Å²) < 4.78 is 27.6. The molecular weight excluding hydrogens is 420 g/mol. The van der Waals surface area contributed by atoms with Crippen molar-refractivity contribution in [3.05, 3.63) is 71.8 Å². The molecule has 3 rings (SSSR count). The largest absolute Gasteiger partial charge is 0.326 e. The minimum Gasteiger partial charge on any atom is -0.326 e. The molecule has 0 saturated heterocycles. The SMILES string of the molecule is CCC(C)N(CCC(=O)Nc1ccc2ccccc2c1)S(=O)(=O)c1ccc(Cl)cc1. The van der Waals surface area contributed by atoms with Crippen LogP contribution in [0.5, 0.6) is 0 Å². The van der Waals surface area contributed by atoms with Crippen molar-refractivity contribution in [2.75, 3.05) is 11.9 Å². The van der Waals surface area contributed by atoms with Gasteiger partial charge in [-0.3, -0.25) is 4.79 Å². The first-order valence-electron chi connectivity index (χ1n) is 9.87. The van der Waals surface area contributed by atoms with Gasteiger partial charge in [0.1, 0.15) is 0 Å². The van der Waals surface area contributed by atoms with Gasteiger partial charge in [-0.05, 0) is 60.5 Å². The van der Waals surface area contributed by atoms with E-state index in [1.807, 2.05) is 56.3 Å². The van der Waals surface area contributed by atoms with E-state index < -0.39 is 10.0 Å². The molecule has 7 heteroatoms. The third-order valence-corrected chi connectivity index (χ3v) is 7.37. The average molecular weight is 445 g/mol. The minimum absolute atomic E-state index is 0.0595. The van der Waals surface area contributed by atoms with Crippen molar-refractivity contribution in [1.29, 1.82) is 0 Å². The van der Waals surface area contributed by atoms with Gasteiger partial charge in [0.2, 0.25) is 15.9 Å². The van der Waals surface area contributed by atoms with Crippen LogP contribution in [0.25, 0.3) is 10.8 Å². The van der Waals surface area contributed by atoms with Gasteiger partial charge in [0.05, 0.1) is 4.90 Å². The fourth-order valence-corrected chi connectivity index (χ4v) is 5.06. The second kappa shape index (κ2) is 9.60. The van der Waals surface area contributed by atoms with E-state index in [0.717, 1.165) is 10.8 Å². The number of anilines is 1.